The molecule has 0 unspecified atom stereocenters. The summed E-state index contributed by atoms with van der Waals surface area (Å²) < 4.78 is 1.76. The average molecular weight is 412 g/mol. The fourth-order valence-corrected chi connectivity index (χ4v) is 3.06. The summed E-state index contributed by atoms with van der Waals surface area (Å²) in [5, 5.41) is 11.2. The van der Waals surface area contributed by atoms with Gasteiger partial charge in [0.15, 0.2) is 0 Å². The Morgan fingerprint density at radius 2 is 1.97 bits per heavy atom. The van der Waals surface area contributed by atoms with E-state index in [0.717, 1.165) is 39.0 Å². The number of pyridine rings is 1. The van der Waals surface area contributed by atoms with Crippen molar-refractivity contribution in [3.8, 4) is 5.69 Å². The van der Waals surface area contributed by atoms with Gasteiger partial charge in [-0.2, -0.15) is 10.2 Å². The van der Waals surface area contributed by atoms with Crippen LogP contribution in [0.15, 0.2) is 84.4 Å². The predicted molar refractivity (Wildman–Crippen MR) is 119 cm³/mol. The zero-order valence-corrected chi connectivity index (χ0v) is 16.9. The van der Waals surface area contributed by atoms with Crippen molar-refractivity contribution in [1.29, 1.82) is 0 Å². The van der Waals surface area contributed by atoms with Gasteiger partial charge in [0.05, 0.1) is 29.6 Å². The van der Waals surface area contributed by atoms with E-state index >= 15 is 0 Å². The molecule has 2 heterocycles. The lowest BCUT2D eigenvalue weighted by Gasteiger charge is -2.15. The first kappa shape index (κ1) is 20.0. The van der Waals surface area contributed by atoms with Gasteiger partial charge in [0.2, 0.25) is 6.41 Å². The van der Waals surface area contributed by atoms with Gasteiger partial charge < -0.3 is 0 Å². The molecule has 2 amide bonds. The highest BCUT2D eigenvalue weighted by atomic mass is 16.2. The Hall–Kier alpha value is -4.33. The zero-order valence-electron chi connectivity index (χ0n) is 16.9. The molecule has 2 aromatic carbocycles. The number of hydrogen-bond donors (Lipinski definition) is 0. The standard InChI is InChI=1S/C23H20N6O2/c1-27(25-14-23(31)28(17-30)15-18-6-3-2-4-7-18)20-9-10-22-19(12-20)16-29(26-22)21-8-5-11-24-13-21/h2-14,16-17H,15H2,1H3/b25-14-. The van der Waals surface area contributed by atoms with Gasteiger partial charge in [0.1, 0.15) is 6.21 Å². The Morgan fingerprint density at radius 3 is 2.71 bits per heavy atom. The zero-order chi connectivity index (χ0) is 21.6. The van der Waals surface area contributed by atoms with Crippen molar-refractivity contribution < 1.29 is 9.59 Å². The molecule has 0 N–H and O–H groups in total. The molecule has 31 heavy (non-hydrogen) atoms. The van der Waals surface area contributed by atoms with Crippen molar-refractivity contribution in [2.45, 2.75) is 6.54 Å². The van der Waals surface area contributed by atoms with Gasteiger partial charge in [-0.05, 0) is 35.9 Å². The molecule has 0 aliphatic rings. The lowest BCUT2D eigenvalue weighted by atomic mass is 10.2. The monoisotopic (exact) mass is 412 g/mol. The first-order valence-corrected chi connectivity index (χ1v) is 9.61. The number of rotatable bonds is 7. The third kappa shape index (κ3) is 4.64. The predicted octanol–water partition coefficient (Wildman–Crippen LogP) is 3.03. The van der Waals surface area contributed by atoms with Crippen LogP contribution >= 0.6 is 0 Å². The van der Waals surface area contributed by atoms with E-state index in [2.05, 4.69) is 15.2 Å². The molecule has 0 saturated carbocycles. The summed E-state index contributed by atoms with van der Waals surface area (Å²) in [7, 11) is 1.74. The van der Waals surface area contributed by atoms with E-state index in [-0.39, 0.29) is 6.54 Å². The van der Waals surface area contributed by atoms with Crippen molar-refractivity contribution >= 4 is 35.1 Å². The van der Waals surface area contributed by atoms with Gasteiger partial charge in [0, 0.05) is 24.8 Å². The van der Waals surface area contributed by atoms with Crippen LogP contribution in [-0.4, -0.2) is 45.2 Å². The number of amides is 2. The molecule has 0 fully saturated rings. The lowest BCUT2D eigenvalue weighted by Crippen LogP contribution is -2.30. The molecule has 0 saturated heterocycles. The number of nitrogens with zero attached hydrogens (tertiary/aromatic N) is 6. The van der Waals surface area contributed by atoms with E-state index in [1.165, 1.54) is 0 Å². The molecule has 0 radical (unpaired) electrons. The summed E-state index contributed by atoms with van der Waals surface area (Å²) in [6, 6.07) is 18.8. The molecule has 0 bridgehead atoms. The van der Waals surface area contributed by atoms with Crippen molar-refractivity contribution in [3.63, 3.8) is 0 Å². The Bertz CT molecular complexity index is 1220. The molecule has 154 valence electrons. The molecular formula is C23H20N6O2. The summed E-state index contributed by atoms with van der Waals surface area (Å²) in [5.74, 6) is -0.490. The van der Waals surface area contributed by atoms with E-state index in [9.17, 15) is 9.59 Å². The molecule has 8 nitrogen and oxygen atoms in total. The van der Waals surface area contributed by atoms with Crippen molar-refractivity contribution in [1.82, 2.24) is 19.7 Å². The minimum absolute atomic E-state index is 0.193. The average Bonchev–Trinajstić information content (AvgIpc) is 3.25. The van der Waals surface area contributed by atoms with Crippen LogP contribution in [0.2, 0.25) is 0 Å². The fraction of sp³-hybridized carbons (Fsp3) is 0.0870. The third-order valence-corrected chi connectivity index (χ3v) is 4.72. The maximum atomic E-state index is 12.4. The second kappa shape index (κ2) is 9.00. The Balaban J connectivity index is 1.48. The van der Waals surface area contributed by atoms with Crippen LogP contribution in [0.4, 0.5) is 5.69 Å². The molecule has 8 heteroatoms. The number of carbonyl (C=O) groups is 2. The van der Waals surface area contributed by atoms with Crippen molar-refractivity contribution in [2.24, 2.45) is 5.10 Å². The molecule has 0 aliphatic carbocycles. The highest BCUT2D eigenvalue weighted by molar-refractivity contribution is 6.28. The number of aromatic nitrogens is 3. The minimum atomic E-state index is -0.490. The van der Waals surface area contributed by atoms with E-state index in [1.807, 2.05) is 66.9 Å². The van der Waals surface area contributed by atoms with E-state index in [0.29, 0.717) is 6.41 Å². The minimum Gasteiger partial charge on any atom is -0.278 e. The smallest absolute Gasteiger partial charge is 0.273 e. The molecule has 0 aliphatic heterocycles. The van der Waals surface area contributed by atoms with Gasteiger partial charge in [0.25, 0.3) is 5.91 Å². The maximum absolute atomic E-state index is 12.4. The van der Waals surface area contributed by atoms with E-state index in [4.69, 9.17) is 0 Å². The summed E-state index contributed by atoms with van der Waals surface area (Å²) in [4.78, 5) is 28.9. The summed E-state index contributed by atoms with van der Waals surface area (Å²) in [5.41, 5.74) is 3.34. The normalized spacial score (nSPS) is 11.0. The van der Waals surface area contributed by atoms with Crippen LogP contribution in [-0.2, 0) is 16.1 Å². The number of anilines is 1. The number of carbonyl (C=O) groups excluding carboxylic acids is 2. The van der Waals surface area contributed by atoms with Crippen molar-refractivity contribution in [2.75, 3.05) is 12.1 Å². The number of benzene rings is 2. The fourth-order valence-electron chi connectivity index (χ4n) is 3.06. The van der Waals surface area contributed by atoms with Crippen LogP contribution in [0.5, 0.6) is 0 Å². The van der Waals surface area contributed by atoms with Crippen LogP contribution < -0.4 is 5.01 Å². The molecule has 2 aromatic heterocycles. The molecule has 0 atom stereocenters. The Labute approximate surface area is 179 Å². The first-order valence-electron chi connectivity index (χ1n) is 9.61. The molecule has 4 rings (SSSR count). The molecule has 0 spiro atoms. The number of imide groups is 1. The van der Waals surface area contributed by atoms with Gasteiger partial charge in [-0.25, -0.2) is 4.68 Å². The number of fused-ring (bicyclic) bond motifs is 1. The van der Waals surface area contributed by atoms with Gasteiger partial charge in [-0.15, -0.1) is 0 Å². The quantitative estimate of drug-likeness (QED) is 0.265. The highest BCUT2D eigenvalue weighted by Gasteiger charge is 2.12. The van der Waals surface area contributed by atoms with Crippen LogP contribution in [0.3, 0.4) is 0 Å². The first-order chi connectivity index (χ1) is 15.1. The number of hydrazone groups is 1. The number of hydrogen-bond acceptors (Lipinski definition) is 6. The van der Waals surface area contributed by atoms with Gasteiger partial charge in [-0.1, -0.05) is 30.3 Å². The third-order valence-electron chi connectivity index (χ3n) is 4.72. The maximum Gasteiger partial charge on any atom is 0.273 e. The SMILES string of the molecule is CN(/N=C\C(=O)N(C=O)Cc1ccccc1)c1ccc2nn(-c3cccnc3)cc2c1. The summed E-state index contributed by atoms with van der Waals surface area (Å²) in [6.45, 7) is 0.193. The lowest BCUT2D eigenvalue weighted by molar-refractivity contribution is -0.133. The van der Waals surface area contributed by atoms with Gasteiger partial charge >= 0.3 is 0 Å². The summed E-state index contributed by atoms with van der Waals surface area (Å²) >= 11 is 0. The summed E-state index contributed by atoms with van der Waals surface area (Å²) in [6.07, 6.45) is 7.01. The molecular weight excluding hydrogens is 392 g/mol. The second-order valence-corrected chi connectivity index (χ2v) is 6.85. The van der Waals surface area contributed by atoms with Crippen molar-refractivity contribution in [3.05, 3.63) is 84.8 Å². The topological polar surface area (TPSA) is 83.7 Å². The van der Waals surface area contributed by atoms with E-state index < -0.39 is 5.91 Å². The molecule has 4 aromatic rings. The highest BCUT2D eigenvalue weighted by Crippen LogP contribution is 2.22. The van der Waals surface area contributed by atoms with Crippen LogP contribution in [0.1, 0.15) is 5.56 Å². The second-order valence-electron chi connectivity index (χ2n) is 6.85. The Morgan fingerprint density at radius 1 is 1.13 bits per heavy atom. The van der Waals surface area contributed by atoms with Crippen LogP contribution in [0, 0.1) is 0 Å². The largest absolute Gasteiger partial charge is 0.278 e. The van der Waals surface area contributed by atoms with E-state index in [1.54, 1.807) is 29.1 Å². The van der Waals surface area contributed by atoms with Crippen LogP contribution in [0.25, 0.3) is 16.6 Å². The van der Waals surface area contributed by atoms with Gasteiger partial charge in [-0.3, -0.25) is 24.5 Å². The Kier molecular flexibility index (Phi) is 5.79.